The molecule has 82 valence electrons. The molecule has 0 aliphatic rings. The number of amidine groups is 1. The van der Waals surface area contributed by atoms with E-state index >= 15 is 0 Å². The topological polar surface area (TPSA) is 58.6 Å². The highest BCUT2D eigenvalue weighted by Gasteiger charge is 2.09. The Balaban J connectivity index is 2.59. The quantitative estimate of drug-likeness (QED) is 0.273. The zero-order valence-corrected chi connectivity index (χ0v) is 9.17. The predicted octanol–water partition coefficient (Wildman–Crippen LogP) is 2.44. The van der Waals surface area contributed by atoms with Gasteiger partial charge in [0.2, 0.25) is 0 Å². The highest BCUT2D eigenvalue weighted by Crippen LogP contribution is 2.27. The smallest absolute Gasteiger partial charge is 0.140 e. The van der Waals surface area contributed by atoms with E-state index in [1.54, 1.807) is 18.2 Å². The van der Waals surface area contributed by atoms with Gasteiger partial charge in [0.25, 0.3) is 0 Å². The van der Waals surface area contributed by atoms with Crippen molar-refractivity contribution >= 4 is 17.6 Å². The third-order valence-electron chi connectivity index (χ3n) is 1.79. The van der Waals surface area contributed by atoms with Gasteiger partial charge in [-0.2, -0.15) is 0 Å². The molecule has 0 spiro atoms. The third-order valence-corrected chi connectivity index (χ3v) is 2.94. The summed E-state index contributed by atoms with van der Waals surface area (Å²) in [6.45, 7) is 1.90. The Bertz CT molecular complexity index is 357. The van der Waals surface area contributed by atoms with E-state index in [4.69, 9.17) is 10.9 Å². The molecule has 0 saturated heterocycles. The van der Waals surface area contributed by atoms with Gasteiger partial charge in [0, 0.05) is 16.6 Å². The summed E-state index contributed by atoms with van der Waals surface area (Å²) in [6, 6.07) is 6.55. The maximum absolute atomic E-state index is 13.2. The number of halogens is 1. The fraction of sp³-hybridized carbons (Fsp3) is 0.300. The van der Waals surface area contributed by atoms with Crippen LogP contribution in [0.2, 0.25) is 0 Å². The van der Waals surface area contributed by atoms with E-state index in [9.17, 15) is 4.39 Å². The van der Waals surface area contributed by atoms with E-state index in [2.05, 4.69) is 5.16 Å². The Kier molecular flexibility index (Phi) is 4.42. The second kappa shape index (κ2) is 5.60. The zero-order chi connectivity index (χ0) is 11.3. The molecule has 1 atom stereocenters. The maximum atomic E-state index is 13.2. The summed E-state index contributed by atoms with van der Waals surface area (Å²) in [7, 11) is 0. The zero-order valence-electron chi connectivity index (χ0n) is 8.35. The first-order valence-corrected chi connectivity index (χ1v) is 5.39. The van der Waals surface area contributed by atoms with Gasteiger partial charge in [0.05, 0.1) is 0 Å². The lowest BCUT2D eigenvalue weighted by Gasteiger charge is -2.10. The first-order valence-electron chi connectivity index (χ1n) is 4.51. The summed E-state index contributed by atoms with van der Waals surface area (Å²) in [6.07, 6.45) is 0.426. The highest BCUT2D eigenvalue weighted by atomic mass is 32.2. The van der Waals surface area contributed by atoms with Crippen LogP contribution < -0.4 is 5.73 Å². The molecule has 3 N–H and O–H groups in total. The van der Waals surface area contributed by atoms with Crippen molar-refractivity contribution in [1.29, 1.82) is 0 Å². The first-order chi connectivity index (χ1) is 7.13. The number of nitrogens with zero attached hydrogens (tertiary/aromatic N) is 1. The molecule has 0 amide bonds. The molecule has 1 rings (SSSR count). The van der Waals surface area contributed by atoms with Gasteiger partial charge in [0.1, 0.15) is 11.7 Å². The van der Waals surface area contributed by atoms with E-state index in [1.807, 2.05) is 6.92 Å². The van der Waals surface area contributed by atoms with Crippen molar-refractivity contribution < 1.29 is 9.60 Å². The molecule has 0 heterocycles. The van der Waals surface area contributed by atoms with Gasteiger partial charge < -0.3 is 10.9 Å². The standard InChI is InChI=1S/C10H13FN2OS/c1-7(6-10(12)13-14)15-9-5-3-2-4-8(9)11/h2-5,7,14H,6H2,1H3,(H2,12,13). The van der Waals surface area contributed by atoms with Gasteiger partial charge in [-0.1, -0.05) is 24.2 Å². The maximum Gasteiger partial charge on any atom is 0.140 e. The molecule has 1 aromatic carbocycles. The Hall–Kier alpha value is -1.23. The van der Waals surface area contributed by atoms with Gasteiger partial charge in [-0.25, -0.2) is 4.39 Å². The molecule has 0 fully saturated rings. The van der Waals surface area contributed by atoms with E-state index in [1.165, 1.54) is 17.8 Å². The minimum Gasteiger partial charge on any atom is -0.409 e. The molecule has 5 heteroatoms. The first kappa shape index (κ1) is 11.8. The second-order valence-electron chi connectivity index (χ2n) is 3.15. The van der Waals surface area contributed by atoms with Crippen LogP contribution in [0.15, 0.2) is 34.3 Å². The Morgan fingerprint density at radius 2 is 2.27 bits per heavy atom. The molecule has 1 aromatic rings. The van der Waals surface area contributed by atoms with Crippen LogP contribution in [-0.2, 0) is 0 Å². The molecule has 1 unspecified atom stereocenters. The molecular formula is C10H13FN2OS. The number of hydrogen-bond donors (Lipinski definition) is 2. The van der Waals surface area contributed by atoms with E-state index in [0.29, 0.717) is 11.3 Å². The molecular weight excluding hydrogens is 215 g/mol. The monoisotopic (exact) mass is 228 g/mol. The lowest BCUT2D eigenvalue weighted by Crippen LogP contribution is -2.16. The molecule has 0 aliphatic heterocycles. The van der Waals surface area contributed by atoms with Crippen molar-refractivity contribution in [1.82, 2.24) is 0 Å². The van der Waals surface area contributed by atoms with Crippen molar-refractivity contribution in [3.63, 3.8) is 0 Å². The van der Waals surface area contributed by atoms with Crippen molar-refractivity contribution in [2.45, 2.75) is 23.5 Å². The van der Waals surface area contributed by atoms with Crippen molar-refractivity contribution in [3.8, 4) is 0 Å². The molecule has 3 nitrogen and oxygen atoms in total. The van der Waals surface area contributed by atoms with Crippen LogP contribution in [0.3, 0.4) is 0 Å². The van der Waals surface area contributed by atoms with Crippen LogP contribution in [0.1, 0.15) is 13.3 Å². The van der Waals surface area contributed by atoms with Crippen LogP contribution in [0.4, 0.5) is 4.39 Å². The van der Waals surface area contributed by atoms with Gasteiger partial charge in [-0.15, -0.1) is 11.8 Å². The lowest BCUT2D eigenvalue weighted by molar-refractivity contribution is 0.317. The molecule has 0 aromatic heterocycles. The number of rotatable bonds is 4. The van der Waals surface area contributed by atoms with Crippen molar-refractivity contribution in [3.05, 3.63) is 30.1 Å². The van der Waals surface area contributed by atoms with Gasteiger partial charge in [-0.05, 0) is 12.1 Å². The SMILES string of the molecule is CC(CC(N)=NO)Sc1ccccc1F. The van der Waals surface area contributed by atoms with Crippen LogP contribution in [0.5, 0.6) is 0 Å². The van der Waals surface area contributed by atoms with E-state index < -0.39 is 0 Å². The second-order valence-corrected chi connectivity index (χ2v) is 4.63. The van der Waals surface area contributed by atoms with Crippen LogP contribution >= 0.6 is 11.8 Å². The van der Waals surface area contributed by atoms with Crippen molar-refractivity contribution in [2.75, 3.05) is 0 Å². The summed E-state index contributed by atoms with van der Waals surface area (Å²) >= 11 is 1.37. The minimum atomic E-state index is -0.242. The fourth-order valence-electron chi connectivity index (χ4n) is 1.13. The summed E-state index contributed by atoms with van der Waals surface area (Å²) in [5.74, 6) is -0.0832. The van der Waals surface area contributed by atoms with Gasteiger partial charge in [-0.3, -0.25) is 0 Å². The summed E-state index contributed by atoms with van der Waals surface area (Å²) in [4.78, 5) is 0.579. The normalized spacial score (nSPS) is 13.9. The van der Waals surface area contributed by atoms with Crippen LogP contribution in [0, 0.1) is 5.82 Å². The van der Waals surface area contributed by atoms with Crippen LogP contribution in [0.25, 0.3) is 0 Å². The number of nitrogens with two attached hydrogens (primary N) is 1. The average molecular weight is 228 g/mol. The molecule has 0 radical (unpaired) electrons. The molecule has 0 bridgehead atoms. The van der Waals surface area contributed by atoms with E-state index in [0.717, 1.165) is 0 Å². The highest BCUT2D eigenvalue weighted by molar-refractivity contribution is 8.00. The Morgan fingerprint density at radius 1 is 1.60 bits per heavy atom. The predicted molar refractivity (Wildman–Crippen MR) is 59.7 cm³/mol. The molecule has 0 aliphatic carbocycles. The largest absolute Gasteiger partial charge is 0.409 e. The summed E-state index contributed by atoms with van der Waals surface area (Å²) in [5.41, 5.74) is 5.36. The Morgan fingerprint density at radius 3 is 2.87 bits per heavy atom. The Labute approximate surface area is 92.2 Å². The van der Waals surface area contributed by atoms with E-state index in [-0.39, 0.29) is 16.9 Å². The number of oxime groups is 1. The van der Waals surface area contributed by atoms with Crippen molar-refractivity contribution in [2.24, 2.45) is 10.9 Å². The molecule has 0 saturated carbocycles. The number of benzene rings is 1. The number of thioether (sulfide) groups is 1. The fourth-order valence-corrected chi connectivity index (χ4v) is 2.16. The minimum absolute atomic E-state index is 0.0674. The van der Waals surface area contributed by atoms with Gasteiger partial charge >= 0.3 is 0 Å². The summed E-state index contributed by atoms with van der Waals surface area (Å²) < 4.78 is 13.2. The lowest BCUT2D eigenvalue weighted by atomic mass is 10.3. The summed E-state index contributed by atoms with van der Waals surface area (Å²) in [5, 5.41) is 11.3. The number of hydrogen-bond acceptors (Lipinski definition) is 3. The average Bonchev–Trinajstić information content (AvgIpc) is 2.21. The molecule has 15 heavy (non-hydrogen) atoms. The van der Waals surface area contributed by atoms with Gasteiger partial charge in [0.15, 0.2) is 0 Å². The van der Waals surface area contributed by atoms with Crippen LogP contribution in [-0.4, -0.2) is 16.3 Å². The third kappa shape index (κ3) is 3.79.